The summed E-state index contributed by atoms with van der Waals surface area (Å²) in [6, 6.07) is 15.3. The van der Waals surface area contributed by atoms with Crippen LogP contribution in [-0.4, -0.2) is 26.2 Å². The molecule has 154 valence electrons. The summed E-state index contributed by atoms with van der Waals surface area (Å²) in [6.45, 7) is 7.37. The van der Waals surface area contributed by atoms with Gasteiger partial charge in [0.25, 0.3) is 0 Å². The number of carbonyl (C=O) groups excluding carboxylic acids is 1. The molecule has 2 rings (SSSR count). The summed E-state index contributed by atoms with van der Waals surface area (Å²) in [7, 11) is 1.57. The smallest absolute Gasteiger partial charge is 0.234 e. The second-order valence-corrected chi connectivity index (χ2v) is 7.50. The van der Waals surface area contributed by atoms with Crippen LogP contribution in [0.1, 0.15) is 38.3 Å². The fraction of sp³-hybridized carbons (Fsp3) is 0.391. The minimum atomic E-state index is -0.330. The Hall–Kier alpha value is -3.20. The number of methoxy groups -OCH3 is 1. The Morgan fingerprint density at radius 3 is 2.41 bits per heavy atom. The third-order valence-corrected chi connectivity index (χ3v) is 4.28. The van der Waals surface area contributed by atoms with Crippen LogP contribution in [0.15, 0.2) is 42.5 Å². The van der Waals surface area contributed by atoms with E-state index in [9.17, 15) is 4.79 Å². The van der Waals surface area contributed by atoms with Crippen LogP contribution in [0, 0.1) is 11.3 Å². The predicted octanol–water partition coefficient (Wildman–Crippen LogP) is 3.98. The van der Waals surface area contributed by atoms with E-state index in [1.807, 2.05) is 36.4 Å². The van der Waals surface area contributed by atoms with E-state index in [1.165, 1.54) is 0 Å². The first kappa shape index (κ1) is 22.1. The van der Waals surface area contributed by atoms with Crippen LogP contribution in [0.25, 0.3) is 0 Å². The molecule has 0 bridgehead atoms. The van der Waals surface area contributed by atoms with Gasteiger partial charge >= 0.3 is 0 Å². The van der Waals surface area contributed by atoms with Gasteiger partial charge < -0.3 is 19.5 Å². The van der Waals surface area contributed by atoms with E-state index in [2.05, 4.69) is 32.2 Å². The molecular weight excluding hydrogens is 368 g/mol. The zero-order valence-electron chi connectivity index (χ0n) is 17.5. The van der Waals surface area contributed by atoms with Crippen LogP contribution in [0.5, 0.6) is 17.2 Å². The Balaban J connectivity index is 2.02. The van der Waals surface area contributed by atoms with Crippen molar-refractivity contribution >= 4 is 5.91 Å². The average Bonchev–Trinajstić information content (AvgIpc) is 2.69. The van der Waals surface area contributed by atoms with Gasteiger partial charge in [0.15, 0.2) is 11.5 Å². The van der Waals surface area contributed by atoms with E-state index < -0.39 is 0 Å². The number of hydrogen-bond acceptors (Lipinski definition) is 5. The van der Waals surface area contributed by atoms with Crippen LogP contribution in [-0.2, 0) is 16.8 Å². The molecule has 0 radical (unpaired) electrons. The number of nitrogens with zero attached hydrogens (tertiary/aromatic N) is 1. The number of nitrogens with one attached hydrogen (secondary N) is 1. The monoisotopic (exact) mass is 396 g/mol. The molecule has 0 aliphatic rings. The van der Waals surface area contributed by atoms with Gasteiger partial charge in [-0.25, -0.2) is 0 Å². The lowest BCUT2D eigenvalue weighted by molar-refractivity contribution is -0.120. The van der Waals surface area contributed by atoms with Crippen LogP contribution in [0.4, 0.5) is 0 Å². The lowest BCUT2D eigenvalue weighted by Gasteiger charge is -2.23. The van der Waals surface area contributed by atoms with E-state index in [0.717, 1.165) is 16.9 Å². The standard InChI is InChI=1S/C23H28N2O4/c1-23(2,3)18-9-5-6-10-19(18)28-14-15-29-22-17(8-7-11-20(22)27-4)16-25-21(26)12-13-24/h5-11H,12,14-16H2,1-4H3,(H,25,26). The van der Waals surface area contributed by atoms with Gasteiger partial charge in [-0.2, -0.15) is 5.26 Å². The fourth-order valence-corrected chi connectivity index (χ4v) is 2.86. The Kier molecular flexibility index (Phi) is 7.90. The molecule has 2 aromatic rings. The molecule has 0 saturated heterocycles. The molecule has 0 fully saturated rings. The highest BCUT2D eigenvalue weighted by atomic mass is 16.5. The summed E-state index contributed by atoms with van der Waals surface area (Å²) in [5.74, 6) is 1.64. The molecule has 0 atom stereocenters. The van der Waals surface area contributed by atoms with Crippen molar-refractivity contribution in [3.05, 3.63) is 53.6 Å². The first-order valence-electron chi connectivity index (χ1n) is 9.51. The molecule has 6 nitrogen and oxygen atoms in total. The molecule has 0 unspecified atom stereocenters. The Morgan fingerprint density at radius 2 is 1.72 bits per heavy atom. The molecule has 0 saturated carbocycles. The number of rotatable bonds is 9. The Labute approximate surface area is 172 Å². The number of carbonyl (C=O) groups is 1. The van der Waals surface area contributed by atoms with E-state index in [1.54, 1.807) is 13.2 Å². The maximum absolute atomic E-state index is 11.6. The quantitative estimate of drug-likeness (QED) is 0.649. The first-order chi connectivity index (χ1) is 13.9. The lowest BCUT2D eigenvalue weighted by atomic mass is 9.86. The molecule has 0 heterocycles. The van der Waals surface area contributed by atoms with Crippen LogP contribution in [0.2, 0.25) is 0 Å². The molecule has 2 aromatic carbocycles. The van der Waals surface area contributed by atoms with E-state index in [4.69, 9.17) is 19.5 Å². The van der Waals surface area contributed by atoms with Crippen molar-refractivity contribution in [3.8, 4) is 23.3 Å². The van der Waals surface area contributed by atoms with Crippen LogP contribution >= 0.6 is 0 Å². The van der Waals surface area contributed by atoms with E-state index in [0.29, 0.717) is 24.7 Å². The van der Waals surface area contributed by atoms with Crippen molar-refractivity contribution in [2.24, 2.45) is 0 Å². The first-order valence-corrected chi connectivity index (χ1v) is 9.51. The summed E-state index contributed by atoms with van der Waals surface area (Å²) in [6.07, 6.45) is -0.179. The Morgan fingerprint density at radius 1 is 1.03 bits per heavy atom. The predicted molar refractivity (Wildman–Crippen MR) is 111 cm³/mol. The number of nitriles is 1. The number of benzene rings is 2. The number of amides is 1. The molecule has 0 spiro atoms. The van der Waals surface area contributed by atoms with Crippen LogP contribution < -0.4 is 19.5 Å². The molecule has 0 aromatic heterocycles. The van der Waals surface area contributed by atoms with Gasteiger partial charge in [0, 0.05) is 12.1 Å². The summed E-state index contributed by atoms with van der Waals surface area (Å²) in [5.41, 5.74) is 1.89. The van der Waals surface area contributed by atoms with Crippen molar-refractivity contribution < 1.29 is 19.0 Å². The summed E-state index contributed by atoms with van der Waals surface area (Å²) >= 11 is 0. The van der Waals surface area contributed by atoms with Crippen molar-refractivity contribution in [2.45, 2.75) is 39.2 Å². The fourth-order valence-electron chi connectivity index (χ4n) is 2.86. The molecule has 0 aliphatic heterocycles. The van der Waals surface area contributed by atoms with Gasteiger partial charge in [-0.3, -0.25) is 4.79 Å². The SMILES string of the molecule is COc1cccc(CNC(=O)CC#N)c1OCCOc1ccccc1C(C)(C)C. The summed E-state index contributed by atoms with van der Waals surface area (Å²) < 4.78 is 17.3. The molecule has 6 heteroatoms. The molecular formula is C23H28N2O4. The van der Waals surface area contributed by atoms with Crippen molar-refractivity contribution in [3.63, 3.8) is 0 Å². The highest BCUT2D eigenvalue weighted by Crippen LogP contribution is 2.32. The number of hydrogen-bond donors (Lipinski definition) is 1. The molecule has 29 heavy (non-hydrogen) atoms. The molecule has 1 N–H and O–H groups in total. The van der Waals surface area contributed by atoms with Gasteiger partial charge in [-0.15, -0.1) is 0 Å². The van der Waals surface area contributed by atoms with Gasteiger partial charge in [0.2, 0.25) is 5.91 Å². The topological polar surface area (TPSA) is 80.6 Å². The van der Waals surface area contributed by atoms with Gasteiger partial charge in [-0.05, 0) is 23.1 Å². The molecule has 1 amide bonds. The van der Waals surface area contributed by atoms with Crippen molar-refractivity contribution in [1.29, 1.82) is 5.26 Å². The summed E-state index contributed by atoms with van der Waals surface area (Å²) in [5, 5.41) is 11.3. The minimum absolute atomic E-state index is 0.0189. The van der Waals surface area contributed by atoms with Gasteiger partial charge in [0.05, 0.1) is 13.2 Å². The zero-order valence-corrected chi connectivity index (χ0v) is 17.5. The van der Waals surface area contributed by atoms with Crippen molar-refractivity contribution in [1.82, 2.24) is 5.32 Å². The van der Waals surface area contributed by atoms with Crippen molar-refractivity contribution in [2.75, 3.05) is 20.3 Å². The number of ether oxygens (including phenoxy) is 3. The number of para-hydroxylation sites is 2. The third-order valence-electron chi connectivity index (χ3n) is 4.28. The normalized spacial score (nSPS) is 10.7. The molecule has 0 aliphatic carbocycles. The van der Waals surface area contributed by atoms with Gasteiger partial charge in [0.1, 0.15) is 25.4 Å². The zero-order chi connectivity index (χ0) is 21.3. The maximum Gasteiger partial charge on any atom is 0.234 e. The van der Waals surface area contributed by atoms with Gasteiger partial charge in [-0.1, -0.05) is 51.1 Å². The third kappa shape index (κ3) is 6.42. The van der Waals surface area contributed by atoms with Crippen LogP contribution in [0.3, 0.4) is 0 Å². The highest BCUT2D eigenvalue weighted by Gasteiger charge is 2.18. The Bertz CT molecular complexity index is 866. The van der Waals surface area contributed by atoms with E-state index in [-0.39, 0.29) is 24.3 Å². The minimum Gasteiger partial charge on any atom is -0.493 e. The highest BCUT2D eigenvalue weighted by molar-refractivity contribution is 5.78. The second kappa shape index (κ2) is 10.4. The largest absolute Gasteiger partial charge is 0.493 e. The second-order valence-electron chi connectivity index (χ2n) is 7.50. The lowest BCUT2D eigenvalue weighted by Crippen LogP contribution is -2.22. The van der Waals surface area contributed by atoms with E-state index >= 15 is 0 Å². The average molecular weight is 396 g/mol. The summed E-state index contributed by atoms with van der Waals surface area (Å²) in [4.78, 5) is 11.6. The maximum atomic E-state index is 11.6.